The third-order valence-electron chi connectivity index (χ3n) is 4.20. The van der Waals surface area contributed by atoms with Crippen molar-refractivity contribution in [2.45, 2.75) is 38.2 Å². The van der Waals surface area contributed by atoms with Gasteiger partial charge < -0.3 is 13.4 Å². The summed E-state index contributed by atoms with van der Waals surface area (Å²) in [6.45, 7) is 6.57. The summed E-state index contributed by atoms with van der Waals surface area (Å²) in [5, 5.41) is 18.4. The van der Waals surface area contributed by atoms with Crippen LogP contribution in [0.4, 0.5) is 0 Å². The van der Waals surface area contributed by atoms with Crippen LogP contribution in [0.25, 0.3) is 22.8 Å². The van der Waals surface area contributed by atoms with E-state index < -0.39 is 0 Å². The maximum Gasteiger partial charge on any atom is 0.251 e. The summed E-state index contributed by atoms with van der Waals surface area (Å²) in [7, 11) is 0. The molecule has 3 aromatic heterocycles. The van der Waals surface area contributed by atoms with E-state index in [4.69, 9.17) is 20.4 Å². The molecule has 0 aliphatic heterocycles. The number of halogens is 1. The van der Waals surface area contributed by atoms with Gasteiger partial charge in [-0.05, 0) is 51.1 Å². The van der Waals surface area contributed by atoms with Gasteiger partial charge in [-0.1, -0.05) is 23.4 Å². The van der Waals surface area contributed by atoms with Crippen molar-refractivity contribution in [3.63, 3.8) is 0 Å². The Balaban J connectivity index is 1.51. The van der Waals surface area contributed by atoms with Gasteiger partial charge in [0.05, 0.1) is 11.3 Å². The van der Waals surface area contributed by atoms with Crippen molar-refractivity contribution in [1.29, 1.82) is 0 Å². The molecule has 0 radical (unpaired) electrons. The Hall–Kier alpha value is -2.58. The van der Waals surface area contributed by atoms with Gasteiger partial charge in [0.1, 0.15) is 11.5 Å². The molecule has 0 bridgehead atoms. The SMILES string of the molecule is CCn1c(SCc2nnc(-c3cc(C)oc3C)o2)nnc1-c1ccc(Cl)cc1. The molecule has 0 aliphatic rings. The van der Waals surface area contributed by atoms with E-state index >= 15 is 0 Å². The Kier molecular flexibility index (Phi) is 5.23. The van der Waals surface area contributed by atoms with E-state index in [2.05, 4.69) is 31.9 Å². The van der Waals surface area contributed by atoms with Crippen LogP contribution in [-0.2, 0) is 12.3 Å². The highest BCUT2D eigenvalue weighted by Gasteiger charge is 2.17. The number of aryl methyl sites for hydroxylation is 2. The van der Waals surface area contributed by atoms with Crippen LogP contribution in [0.2, 0.25) is 5.02 Å². The molecule has 3 heterocycles. The van der Waals surface area contributed by atoms with Gasteiger partial charge in [-0.25, -0.2) is 0 Å². The molecule has 7 nitrogen and oxygen atoms in total. The lowest BCUT2D eigenvalue weighted by Crippen LogP contribution is -1.99. The number of aromatic nitrogens is 5. The normalized spacial score (nSPS) is 11.3. The van der Waals surface area contributed by atoms with Gasteiger partial charge >= 0.3 is 0 Å². The highest BCUT2D eigenvalue weighted by atomic mass is 35.5. The summed E-state index contributed by atoms with van der Waals surface area (Å²) >= 11 is 7.48. The fraction of sp³-hybridized carbons (Fsp3) is 0.263. The molecule has 28 heavy (non-hydrogen) atoms. The van der Waals surface area contributed by atoms with Crippen molar-refractivity contribution in [3.8, 4) is 22.8 Å². The van der Waals surface area contributed by atoms with Crippen LogP contribution in [0.5, 0.6) is 0 Å². The second-order valence-corrected chi connectivity index (χ2v) is 7.55. The van der Waals surface area contributed by atoms with Crippen molar-refractivity contribution in [3.05, 3.63) is 52.8 Å². The van der Waals surface area contributed by atoms with Crippen LogP contribution in [0.1, 0.15) is 24.3 Å². The molecular weight excluding hydrogens is 398 g/mol. The molecule has 1 aromatic carbocycles. The molecule has 9 heteroatoms. The maximum absolute atomic E-state index is 5.98. The van der Waals surface area contributed by atoms with Crippen molar-refractivity contribution in [2.24, 2.45) is 0 Å². The Morgan fingerprint density at radius 3 is 2.50 bits per heavy atom. The number of rotatable bonds is 6. The molecule has 0 amide bonds. The molecular formula is C19H18ClN5O2S. The van der Waals surface area contributed by atoms with Gasteiger partial charge in [-0.3, -0.25) is 0 Å². The molecule has 0 saturated heterocycles. The number of furan rings is 1. The Bertz CT molecular complexity index is 1100. The zero-order valence-electron chi connectivity index (χ0n) is 15.6. The molecule has 4 rings (SSSR count). The minimum atomic E-state index is 0.462. The first-order chi connectivity index (χ1) is 13.5. The topological polar surface area (TPSA) is 82.8 Å². The zero-order valence-corrected chi connectivity index (χ0v) is 17.2. The van der Waals surface area contributed by atoms with E-state index in [0.29, 0.717) is 22.6 Å². The quantitative estimate of drug-likeness (QED) is 0.401. The summed E-state index contributed by atoms with van der Waals surface area (Å²) in [6.07, 6.45) is 0. The number of thioether (sulfide) groups is 1. The smallest absolute Gasteiger partial charge is 0.251 e. The lowest BCUT2D eigenvalue weighted by molar-refractivity contribution is 0.499. The highest BCUT2D eigenvalue weighted by molar-refractivity contribution is 7.98. The Morgan fingerprint density at radius 1 is 1.04 bits per heavy atom. The van der Waals surface area contributed by atoms with E-state index in [1.165, 1.54) is 11.8 Å². The average Bonchev–Trinajstić information content (AvgIpc) is 3.38. The average molecular weight is 416 g/mol. The van der Waals surface area contributed by atoms with E-state index in [-0.39, 0.29) is 0 Å². The highest BCUT2D eigenvalue weighted by Crippen LogP contribution is 2.29. The van der Waals surface area contributed by atoms with Gasteiger partial charge in [0, 0.05) is 17.1 Å². The van der Waals surface area contributed by atoms with Crippen molar-refractivity contribution < 1.29 is 8.83 Å². The first kappa shape index (κ1) is 18.8. The molecule has 144 valence electrons. The van der Waals surface area contributed by atoms with Gasteiger partial charge in [0.2, 0.25) is 5.89 Å². The second kappa shape index (κ2) is 7.81. The standard InChI is InChI=1S/C19H18ClN5O2S/c1-4-25-17(13-5-7-14(20)8-6-13)22-24-19(25)28-10-16-21-23-18(27-16)15-9-11(2)26-12(15)3/h5-9H,4,10H2,1-3H3. The predicted octanol–water partition coefficient (Wildman–Crippen LogP) is 5.17. The zero-order chi connectivity index (χ0) is 19.7. The summed E-state index contributed by atoms with van der Waals surface area (Å²) in [5.74, 6) is 3.87. The lowest BCUT2D eigenvalue weighted by Gasteiger charge is -2.06. The molecule has 0 unspecified atom stereocenters. The fourth-order valence-corrected chi connectivity index (χ4v) is 3.85. The minimum Gasteiger partial charge on any atom is -0.466 e. The van der Waals surface area contributed by atoms with Crippen LogP contribution >= 0.6 is 23.4 Å². The molecule has 4 aromatic rings. The number of hydrogen-bond acceptors (Lipinski definition) is 7. The van der Waals surface area contributed by atoms with Crippen LogP contribution in [0, 0.1) is 13.8 Å². The van der Waals surface area contributed by atoms with Gasteiger partial charge in [-0.2, -0.15) is 0 Å². The summed E-state index contributed by atoms with van der Waals surface area (Å²) < 4.78 is 13.4. The third kappa shape index (κ3) is 3.70. The van der Waals surface area contributed by atoms with Crippen LogP contribution < -0.4 is 0 Å². The molecule has 0 fully saturated rings. The number of nitrogens with zero attached hydrogens (tertiary/aromatic N) is 5. The second-order valence-electron chi connectivity index (χ2n) is 6.17. The first-order valence-electron chi connectivity index (χ1n) is 8.77. The molecule has 0 saturated carbocycles. The Labute approximate surface area is 171 Å². The van der Waals surface area contributed by atoms with Crippen molar-refractivity contribution in [1.82, 2.24) is 25.0 Å². The van der Waals surface area contributed by atoms with Crippen molar-refractivity contribution >= 4 is 23.4 Å². The lowest BCUT2D eigenvalue weighted by atomic mass is 10.2. The maximum atomic E-state index is 5.98. The van der Waals surface area contributed by atoms with Crippen molar-refractivity contribution in [2.75, 3.05) is 0 Å². The van der Waals surface area contributed by atoms with E-state index in [1.54, 1.807) is 0 Å². The molecule has 0 N–H and O–H groups in total. The minimum absolute atomic E-state index is 0.462. The summed E-state index contributed by atoms with van der Waals surface area (Å²) in [4.78, 5) is 0. The van der Waals surface area contributed by atoms with Crippen LogP contribution in [0.15, 0.2) is 44.3 Å². The first-order valence-corrected chi connectivity index (χ1v) is 10.1. The van der Waals surface area contributed by atoms with Crippen LogP contribution in [-0.4, -0.2) is 25.0 Å². The largest absolute Gasteiger partial charge is 0.466 e. The number of hydrogen-bond donors (Lipinski definition) is 0. The van der Waals surface area contributed by atoms with Gasteiger partial charge in [0.25, 0.3) is 5.89 Å². The fourth-order valence-electron chi connectivity index (χ4n) is 2.88. The van der Waals surface area contributed by atoms with Crippen LogP contribution in [0.3, 0.4) is 0 Å². The van der Waals surface area contributed by atoms with Gasteiger partial charge in [0.15, 0.2) is 11.0 Å². The van der Waals surface area contributed by atoms with E-state index in [0.717, 1.165) is 40.2 Å². The summed E-state index contributed by atoms with van der Waals surface area (Å²) in [6, 6.07) is 9.46. The Morgan fingerprint density at radius 2 is 1.82 bits per heavy atom. The monoisotopic (exact) mass is 415 g/mol. The third-order valence-corrected chi connectivity index (χ3v) is 5.40. The summed E-state index contributed by atoms with van der Waals surface area (Å²) in [5.41, 5.74) is 1.79. The molecule has 0 atom stereocenters. The molecule has 0 spiro atoms. The van der Waals surface area contributed by atoms with Gasteiger partial charge in [-0.15, -0.1) is 20.4 Å². The number of benzene rings is 1. The predicted molar refractivity (Wildman–Crippen MR) is 107 cm³/mol. The van der Waals surface area contributed by atoms with E-state index in [9.17, 15) is 0 Å². The van der Waals surface area contributed by atoms with E-state index in [1.807, 2.05) is 44.2 Å². The molecule has 0 aliphatic carbocycles.